The van der Waals surface area contributed by atoms with E-state index in [9.17, 15) is 9.59 Å². The summed E-state index contributed by atoms with van der Waals surface area (Å²) in [7, 11) is 0. The molecule has 0 atom stereocenters. The maximum absolute atomic E-state index is 12.4. The Labute approximate surface area is 109 Å². The lowest BCUT2D eigenvalue weighted by atomic mass is 9.81. The second-order valence-corrected chi connectivity index (χ2v) is 5.69. The lowest BCUT2D eigenvalue weighted by Crippen LogP contribution is -2.39. The number of hydrogen-bond acceptors (Lipinski definition) is 2. The van der Waals surface area contributed by atoms with Gasteiger partial charge in [-0.25, -0.2) is 0 Å². The van der Waals surface area contributed by atoms with E-state index < -0.39 is 0 Å². The summed E-state index contributed by atoms with van der Waals surface area (Å²) in [5.74, 6) is 0.257. The molecule has 4 nitrogen and oxygen atoms in total. The maximum Gasteiger partial charge on any atom is 0.225 e. The fraction of sp³-hybridized carbons (Fsp3) is 0.857. The lowest BCUT2D eigenvalue weighted by Gasteiger charge is -2.30. The van der Waals surface area contributed by atoms with E-state index in [1.165, 1.54) is 12.8 Å². The van der Waals surface area contributed by atoms with Crippen LogP contribution in [0, 0.1) is 11.8 Å². The summed E-state index contributed by atoms with van der Waals surface area (Å²) in [4.78, 5) is 25.5. The minimum atomic E-state index is -0.198. The van der Waals surface area contributed by atoms with Gasteiger partial charge in [-0.1, -0.05) is 12.8 Å². The van der Waals surface area contributed by atoms with Crippen molar-refractivity contribution in [3.63, 3.8) is 0 Å². The Balaban J connectivity index is 1.84. The summed E-state index contributed by atoms with van der Waals surface area (Å²) in [6, 6.07) is 0. The van der Waals surface area contributed by atoms with Gasteiger partial charge in [0.15, 0.2) is 0 Å². The van der Waals surface area contributed by atoms with Crippen molar-refractivity contribution in [2.75, 3.05) is 13.1 Å². The Morgan fingerprint density at radius 3 is 1.83 bits per heavy atom. The quantitative estimate of drug-likeness (QED) is 0.812. The van der Waals surface area contributed by atoms with E-state index in [2.05, 4.69) is 0 Å². The second-order valence-electron chi connectivity index (χ2n) is 5.69. The van der Waals surface area contributed by atoms with Gasteiger partial charge in [0.2, 0.25) is 11.8 Å². The van der Waals surface area contributed by atoms with Crippen molar-refractivity contribution in [2.45, 2.75) is 51.4 Å². The van der Waals surface area contributed by atoms with Crippen LogP contribution in [0.1, 0.15) is 51.4 Å². The number of carbonyl (C=O) groups excluding carboxylic acids is 2. The largest absolute Gasteiger partial charge is 0.369 e. The molecular formula is C14H24N2O2. The number of nitrogens with zero attached hydrogens (tertiary/aromatic N) is 1. The van der Waals surface area contributed by atoms with Crippen LogP contribution in [0.25, 0.3) is 0 Å². The molecule has 0 aromatic carbocycles. The van der Waals surface area contributed by atoms with Gasteiger partial charge in [0.25, 0.3) is 0 Å². The highest BCUT2D eigenvalue weighted by molar-refractivity contribution is 5.80. The molecule has 2 N–H and O–H groups in total. The van der Waals surface area contributed by atoms with Crippen LogP contribution < -0.4 is 5.73 Å². The third kappa shape index (κ3) is 3.24. The van der Waals surface area contributed by atoms with E-state index in [-0.39, 0.29) is 17.7 Å². The van der Waals surface area contributed by atoms with Crippen molar-refractivity contribution < 1.29 is 9.59 Å². The molecule has 4 heteroatoms. The molecule has 102 valence electrons. The molecule has 2 fully saturated rings. The molecule has 0 bridgehead atoms. The number of amides is 2. The predicted molar refractivity (Wildman–Crippen MR) is 69.7 cm³/mol. The van der Waals surface area contributed by atoms with Gasteiger partial charge in [0.1, 0.15) is 0 Å². The Kier molecular flexibility index (Phi) is 4.61. The van der Waals surface area contributed by atoms with Crippen molar-refractivity contribution in [3.8, 4) is 0 Å². The first-order valence-electron chi connectivity index (χ1n) is 7.26. The molecule has 1 heterocycles. The Hall–Kier alpha value is -1.06. The molecule has 0 aromatic heterocycles. The molecule has 0 radical (unpaired) electrons. The van der Waals surface area contributed by atoms with E-state index in [1.807, 2.05) is 4.90 Å². The zero-order valence-electron chi connectivity index (χ0n) is 11.1. The Morgan fingerprint density at radius 1 is 0.833 bits per heavy atom. The maximum atomic E-state index is 12.4. The highest BCUT2D eigenvalue weighted by atomic mass is 16.2. The molecule has 0 spiro atoms. The molecule has 1 aliphatic heterocycles. The van der Waals surface area contributed by atoms with Gasteiger partial charge >= 0.3 is 0 Å². The Morgan fingerprint density at radius 2 is 1.33 bits per heavy atom. The fourth-order valence-corrected chi connectivity index (χ4v) is 3.17. The molecule has 2 amide bonds. The van der Waals surface area contributed by atoms with Crippen LogP contribution >= 0.6 is 0 Å². The third-order valence-corrected chi connectivity index (χ3v) is 4.40. The average molecular weight is 252 g/mol. The molecular weight excluding hydrogens is 228 g/mol. The van der Waals surface area contributed by atoms with Gasteiger partial charge in [-0.15, -0.1) is 0 Å². The summed E-state index contributed by atoms with van der Waals surface area (Å²) in [5, 5.41) is 0. The third-order valence-electron chi connectivity index (χ3n) is 4.40. The molecule has 1 saturated carbocycles. The molecule has 0 unspecified atom stereocenters. The van der Waals surface area contributed by atoms with E-state index in [1.54, 1.807) is 0 Å². The van der Waals surface area contributed by atoms with Crippen molar-refractivity contribution in [1.29, 1.82) is 0 Å². The normalized spacial score (nSPS) is 29.7. The zero-order valence-corrected chi connectivity index (χ0v) is 11.1. The SMILES string of the molecule is NC(=O)C1CCC(C(=O)N2CCCCCC2)CC1. The van der Waals surface area contributed by atoms with Crippen LogP contribution in [0.4, 0.5) is 0 Å². The number of rotatable bonds is 2. The van der Waals surface area contributed by atoms with Gasteiger partial charge in [-0.3, -0.25) is 9.59 Å². The van der Waals surface area contributed by atoms with Gasteiger partial charge < -0.3 is 10.6 Å². The average Bonchev–Trinajstić information content (AvgIpc) is 2.67. The first-order chi connectivity index (χ1) is 8.68. The number of carbonyl (C=O) groups is 2. The highest BCUT2D eigenvalue weighted by Gasteiger charge is 2.31. The van der Waals surface area contributed by atoms with Gasteiger partial charge in [0.05, 0.1) is 0 Å². The summed E-state index contributed by atoms with van der Waals surface area (Å²) >= 11 is 0. The molecule has 18 heavy (non-hydrogen) atoms. The second kappa shape index (κ2) is 6.21. The summed E-state index contributed by atoms with van der Waals surface area (Å²) in [5.41, 5.74) is 5.32. The van der Waals surface area contributed by atoms with Crippen LogP contribution in [0.2, 0.25) is 0 Å². The summed E-state index contributed by atoms with van der Waals surface area (Å²) in [6.45, 7) is 1.85. The smallest absolute Gasteiger partial charge is 0.225 e. The lowest BCUT2D eigenvalue weighted by molar-refractivity contribution is -0.138. The first kappa shape index (κ1) is 13.4. The van der Waals surface area contributed by atoms with Crippen LogP contribution in [0.3, 0.4) is 0 Å². The van der Waals surface area contributed by atoms with Crippen molar-refractivity contribution in [1.82, 2.24) is 4.90 Å². The fourth-order valence-electron chi connectivity index (χ4n) is 3.17. The minimum absolute atomic E-state index is 0.00168. The Bertz CT molecular complexity index is 301. The van der Waals surface area contributed by atoms with Gasteiger partial charge in [0, 0.05) is 24.9 Å². The van der Waals surface area contributed by atoms with Gasteiger partial charge in [-0.2, -0.15) is 0 Å². The van der Waals surface area contributed by atoms with E-state index in [0.717, 1.165) is 51.6 Å². The summed E-state index contributed by atoms with van der Waals surface area (Å²) in [6.07, 6.45) is 8.03. The van der Waals surface area contributed by atoms with Crippen molar-refractivity contribution >= 4 is 11.8 Å². The number of hydrogen-bond donors (Lipinski definition) is 1. The summed E-state index contributed by atoms with van der Waals surface area (Å²) < 4.78 is 0. The molecule has 1 aliphatic carbocycles. The van der Waals surface area contributed by atoms with E-state index in [4.69, 9.17) is 5.73 Å². The number of nitrogens with two attached hydrogens (primary N) is 1. The van der Waals surface area contributed by atoms with Crippen LogP contribution in [0.5, 0.6) is 0 Å². The van der Waals surface area contributed by atoms with E-state index >= 15 is 0 Å². The van der Waals surface area contributed by atoms with Crippen LogP contribution in [0.15, 0.2) is 0 Å². The molecule has 1 saturated heterocycles. The molecule has 2 aliphatic rings. The first-order valence-corrected chi connectivity index (χ1v) is 7.26. The van der Waals surface area contributed by atoms with Crippen LogP contribution in [-0.2, 0) is 9.59 Å². The monoisotopic (exact) mass is 252 g/mol. The standard InChI is InChI=1S/C14H24N2O2/c15-13(17)11-5-7-12(8-6-11)14(18)16-9-3-1-2-4-10-16/h11-12H,1-10H2,(H2,15,17). The number of likely N-dealkylation sites (tertiary alicyclic amines) is 1. The van der Waals surface area contributed by atoms with Crippen molar-refractivity contribution in [3.05, 3.63) is 0 Å². The molecule has 0 aromatic rings. The highest BCUT2D eigenvalue weighted by Crippen LogP contribution is 2.30. The van der Waals surface area contributed by atoms with E-state index in [0.29, 0.717) is 5.91 Å². The van der Waals surface area contributed by atoms with Crippen molar-refractivity contribution in [2.24, 2.45) is 17.6 Å². The molecule has 2 rings (SSSR count). The van der Waals surface area contributed by atoms with Crippen LogP contribution in [-0.4, -0.2) is 29.8 Å². The number of primary amides is 1. The topological polar surface area (TPSA) is 63.4 Å². The predicted octanol–water partition coefficient (Wildman–Crippen LogP) is 1.68. The zero-order chi connectivity index (χ0) is 13.0. The minimum Gasteiger partial charge on any atom is -0.369 e. The van der Waals surface area contributed by atoms with Gasteiger partial charge in [-0.05, 0) is 38.5 Å².